The van der Waals surface area contributed by atoms with Gasteiger partial charge in [-0.1, -0.05) is 70.5 Å². The molecule has 0 aliphatic rings. The van der Waals surface area contributed by atoms with E-state index in [-0.39, 0.29) is 12.4 Å². The van der Waals surface area contributed by atoms with Crippen LogP contribution in [0.4, 0.5) is 0 Å². The van der Waals surface area contributed by atoms with Crippen LogP contribution in [0.3, 0.4) is 0 Å². The molecule has 0 aliphatic heterocycles. The molecule has 3 aromatic carbocycles. The summed E-state index contributed by atoms with van der Waals surface area (Å²) < 4.78 is 5.54. The molecule has 1 N–H and O–H groups in total. The summed E-state index contributed by atoms with van der Waals surface area (Å²) in [5.74, 6) is 0. The van der Waals surface area contributed by atoms with E-state index in [0.29, 0.717) is 0 Å². The third-order valence-electron chi connectivity index (χ3n) is 5.48. The Balaban J connectivity index is 0.00000193. The fourth-order valence-corrected chi connectivity index (χ4v) is 4.60. The van der Waals surface area contributed by atoms with Gasteiger partial charge in [-0.15, -0.1) is 0 Å². The van der Waals surface area contributed by atoms with Gasteiger partial charge in [-0.05, 0) is 30.3 Å². The number of halogens is 2. The maximum absolute atomic E-state index is 3.66. The van der Waals surface area contributed by atoms with Gasteiger partial charge in [0.05, 0.1) is 11.7 Å². The SMILES string of the molecule is Brc1cccc(-n2c[n+]3ccc4c5ccccc5[nH]c4c3c2-c2ccccc2)c1.[Cl-]. The highest BCUT2D eigenvalue weighted by Crippen LogP contribution is 2.33. The van der Waals surface area contributed by atoms with E-state index in [1.807, 2.05) is 0 Å². The summed E-state index contributed by atoms with van der Waals surface area (Å²) in [6.07, 6.45) is 4.31. The molecule has 146 valence electrons. The topological polar surface area (TPSA) is 24.8 Å². The van der Waals surface area contributed by atoms with Crippen molar-refractivity contribution in [3.8, 4) is 16.9 Å². The van der Waals surface area contributed by atoms with Crippen LogP contribution in [0.2, 0.25) is 0 Å². The normalized spacial score (nSPS) is 11.2. The fourth-order valence-electron chi connectivity index (χ4n) is 4.21. The van der Waals surface area contributed by atoms with E-state index >= 15 is 0 Å². The van der Waals surface area contributed by atoms with Gasteiger partial charge in [0, 0.05) is 26.3 Å². The molecule has 0 aliphatic carbocycles. The third kappa shape index (κ3) is 2.83. The van der Waals surface area contributed by atoms with Gasteiger partial charge in [0.1, 0.15) is 5.69 Å². The van der Waals surface area contributed by atoms with E-state index in [1.54, 1.807) is 0 Å². The highest BCUT2D eigenvalue weighted by molar-refractivity contribution is 9.10. The van der Waals surface area contributed by atoms with E-state index in [1.165, 1.54) is 27.5 Å². The molecule has 0 amide bonds. The van der Waals surface area contributed by atoms with E-state index in [0.717, 1.165) is 21.2 Å². The van der Waals surface area contributed by atoms with Crippen molar-refractivity contribution < 1.29 is 16.8 Å². The Morgan fingerprint density at radius 1 is 0.800 bits per heavy atom. The molecule has 30 heavy (non-hydrogen) atoms. The van der Waals surface area contributed by atoms with E-state index in [4.69, 9.17) is 0 Å². The molecule has 6 aromatic rings. The number of nitrogens with zero attached hydrogens (tertiary/aromatic N) is 2. The quantitative estimate of drug-likeness (QED) is 0.373. The van der Waals surface area contributed by atoms with Crippen LogP contribution in [0.5, 0.6) is 0 Å². The molecule has 0 saturated carbocycles. The molecule has 0 saturated heterocycles. The molecule has 0 atom stereocenters. The zero-order chi connectivity index (χ0) is 19.4. The number of fused-ring (bicyclic) bond motifs is 5. The lowest BCUT2D eigenvalue weighted by Gasteiger charge is -2.03. The number of aromatic nitrogens is 3. The Morgan fingerprint density at radius 2 is 1.60 bits per heavy atom. The first-order valence-electron chi connectivity index (χ1n) is 9.57. The Labute approximate surface area is 188 Å². The molecular formula is C25H17BrClN3. The van der Waals surface area contributed by atoms with Crippen LogP contribution in [0.15, 0.2) is 102 Å². The van der Waals surface area contributed by atoms with Gasteiger partial charge < -0.3 is 17.4 Å². The summed E-state index contributed by atoms with van der Waals surface area (Å²) >= 11 is 3.62. The van der Waals surface area contributed by atoms with Gasteiger partial charge in [0.15, 0.2) is 5.69 Å². The average molecular weight is 475 g/mol. The number of hydrogen-bond acceptors (Lipinski definition) is 0. The van der Waals surface area contributed by atoms with Crippen LogP contribution in [0.25, 0.3) is 44.3 Å². The number of benzene rings is 3. The fraction of sp³-hybridized carbons (Fsp3) is 0. The highest BCUT2D eigenvalue weighted by Gasteiger charge is 2.24. The summed E-state index contributed by atoms with van der Waals surface area (Å²) in [5.41, 5.74) is 6.95. The number of hydrogen-bond donors (Lipinski definition) is 1. The number of rotatable bonds is 2. The minimum Gasteiger partial charge on any atom is -1.00 e. The van der Waals surface area contributed by atoms with E-state index < -0.39 is 0 Å². The number of nitrogens with one attached hydrogen (secondary N) is 1. The van der Waals surface area contributed by atoms with Crippen molar-refractivity contribution in [3.05, 3.63) is 102 Å². The van der Waals surface area contributed by atoms with Crippen molar-refractivity contribution in [1.29, 1.82) is 0 Å². The maximum atomic E-state index is 3.66. The third-order valence-corrected chi connectivity index (χ3v) is 5.97. The lowest BCUT2D eigenvalue weighted by Crippen LogP contribution is -3.00. The van der Waals surface area contributed by atoms with E-state index in [2.05, 4.69) is 127 Å². The molecule has 3 heterocycles. The molecule has 0 bridgehead atoms. The van der Waals surface area contributed by atoms with Crippen LogP contribution in [-0.2, 0) is 0 Å². The number of pyridine rings is 1. The van der Waals surface area contributed by atoms with Gasteiger partial charge >= 0.3 is 0 Å². The first-order chi connectivity index (χ1) is 14.3. The second-order valence-electron chi connectivity index (χ2n) is 7.21. The van der Waals surface area contributed by atoms with Gasteiger partial charge in [0.2, 0.25) is 5.52 Å². The molecule has 0 radical (unpaired) electrons. The summed E-state index contributed by atoms with van der Waals surface area (Å²) in [6, 6.07) is 29.7. The van der Waals surface area contributed by atoms with Crippen molar-refractivity contribution in [1.82, 2.24) is 9.55 Å². The lowest BCUT2D eigenvalue weighted by atomic mass is 10.1. The van der Waals surface area contributed by atoms with Crippen molar-refractivity contribution in [2.45, 2.75) is 0 Å². The standard InChI is InChI=1S/C25H17BrN3.ClH/c26-18-9-6-10-19(15-18)29-16-28-14-13-21-20-11-4-5-12-22(20)27-23(21)25(28)24(29)17-7-2-1-3-8-17;/h1-16,27H;1H/q+1;/p-1. The van der Waals surface area contributed by atoms with Crippen molar-refractivity contribution in [2.24, 2.45) is 0 Å². The predicted molar refractivity (Wildman–Crippen MR) is 121 cm³/mol. The van der Waals surface area contributed by atoms with Gasteiger partial charge in [-0.3, -0.25) is 0 Å². The highest BCUT2D eigenvalue weighted by atomic mass is 79.9. The Bertz CT molecular complexity index is 1520. The summed E-state index contributed by atoms with van der Waals surface area (Å²) in [7, 11) is 0. The van der Waals surface area contributed by atoms with Crippen molar-refractivity contribution in [3.63, 3.8) is 0 Å². The number of para-hydroxylation sites is 1. The first-order valence-corrected chi connectivity index (χ1v) is 10.4. The average Bonchev–Trinajstić information content (AvgIpc) is 3.33. The second-order valence-corrected chi connectivity index (χ2v) is 8.13. The summed E-state index contributed by atoms with van der Waals surface area (Å²) in [6.45, 7) is 0. The number of imidazole rings is 1. The first kappa shape index (κ1) is 18.9. The Morgan fingerprint density at radius 3 is 2.43 bits per heavy atom. The van der Waals surface area contributed by atoms with Gasteiger partial charge in [-0.2, -0.15) is 8.97 Å². The molecule has 3 aromatic heterocycles. The maximum Gasteiger partial charge on any atom is 0.254 e. The lowest BCUT2D eigenvalue weighted by molar-refractivity contribution is -0.510. The van der Waals surface area contributed by atoms with Crippen LogP contribution < -0.4 is 16.8 Å². The minimum absolute atomic E-state index is 0. The number of H-pyrrole nitrogens is 1. The van der Waals surface area contributed by atoms with Crippen LogP contribution in [-0.4, -0.2) is 9.55 Å². The van der Waals surface area contributed by atoms with Gasteiger partial charge in [-0.25, -0.2) is 0 Å². The molecule has 0 unspecified atom stereocenters. The van der Waals surface area contributed by atoms with Crippen molar-refractivity contribution >= 4 is 43.3 Å². The predicted octanol–water partition coefficient (Wildman–Crippen LogP) is 3.28. The zero-order valence-electron chi connectivity index (χ0n) is 15.9. The largest absolute Gasteiger partial charge is 1.00 e. The number of aromatic amines is 1. The van der Waals surface area contributed by atoms with Crippen LogP contribution in [0.1, 0.15) is 0 Å². The Hall–Kier alpha value is -3.08. The van der Waals surface area contributed by atoms with Crippen LogP contribution in [0, 0.1) is 0 Å². The smallest absolute Gasteiger partial charge is 0.254 e. The summed E-state index contributed by atoms with van der Waals surface area (Å²) in [4.78, 5) is 3.66. The molecule has 5 heteroatoms. The zero-order valence-corrected chi connectivity index (χ0v) is 18.2. The van der Waals surface area contributed by atoms with E-state index in [9.17, 15) is 0 Å². The minimum atomic E-state index is 0. The molecular weight excluding hydrogens is 458 g/mol. The van der Waals surface area contributed by atoms with Crippen LogP contribution >= 0.6 is 15.9 Å². The molecule has 0 spiro atoms. The second kappa shape index (κ2) is 7.31. The summed E-state index contributed by atoms with van der Waals surface area (Å²) in [5, 5.41) is 2.49. The molecule has 0 fully saturated rings. The molecule has 6 rings (SSSR count). The van der Waals surface area contributed by atoms with Gasteiger partial charge in [0.25, 0.3) is 6.33 Å². The molecule has 3 nitrogen and oxygen atoms in total. The monoisotopic (exact) mass is 473 g/mol. The van der Waals surface area contributed by atoms with Crippen molar-refractivity contribution in [2.75, 3.05) is 0 Å². The Kier molecular flexibility index (Phi) is 4.61.